The molecule has 0 saturated heterocycles. The fourth-order valence-corrected chi connectivity index (χ4v) is 20.1. The Morgan fingerprint density at radius 3 is 1.88 bits per heavy atom. The van der Waals surface area contributed by atoms with Crippen LogP contribution < -0.4 is 13.1 Å². The normalized spacial score (nSPS) is 11.2. The van der Waals surface area contributed by atoms with Crippen molar-refractivity contribution in [2.24, 2.45) is 0 Å². The molecular formula is C25H42O6Sn. The van der Waals surface area contributed by atoms with E-state index >= 15 is 0 Å². The zero-order valence-electron chi connectivity index (χ0n) is 20.9. The second-order valence-electron chi connectivity index (χ2n) is 8.33. The van der Waals surface area contributed by atoms with Crippen molar-refractivity contribution in [3.05, 3.63) is 17.7 Å². The summed E-state index contributed by atoms with van der Waals surface area (Å²) in [5, 5.41) is 0. The molecule has 0 amide bonds. The van der Waals surface area contributed by atoms with Gasteiger partial charge in [0.05, 0.1) is 0 Å². The zero-order chi connectivity index (χ0) is 24.0. The van der Waals surface area contributed by atoms with Crippen LogP contribution in [0.4, 0.5) is 0 Å². The molecule has 182 valence electrons. The van der Waals surface area contributed by atoms with Crippen molar-refractivity contribution < 1.29 is 28.5 Å². The summed E-state index contributed by atoms with van der Waals surface area (Å²) in [7, 11) is 2.98. The number of carbonyl (C=O) groups excluding carboxylic acids is 2. The van der Waals surface area contributed by atoms with E-state index in [-0.39, 0.29) is 19.2 Å². The standard InChI is InChI=1S/C13H15O6.3C4H9.Sn/c1-9(14)18-7-8-19-12-10(13(15)17-3)5-4-6-11(12)16-2;3*1-3-4-2;/h5-6H,7-8H2,1-3H3;3*1,3-4H2,2H3;. The van der Waals surface area contributed by atoms with Gasteiger partial charge in [-0.15, -0.1) is 0 Å². The number of ether oxygens (including phenoxy) is 4. The second kappa shape index (κ2) is 15.4. The molecule has 0 radical (unpaired) electrons. The van der Waals surface area contributed by atoms with Gasteiger partial charge in [0.2, 0.25) is 0 Å². The van der Waals surface area contributed by atoms with Crippen molar-refractivity contribution in [2.75, 3.05) is 27.4 Å². The molecule has 0 bridgehead atoms. The molecule has 0 saturated carbocycles. The Morgan fingerprint density at radius 1 is 0.875 bits per heavy atom. The van der Waals surface area contributed by atoms with Crippen LogP contribution in [0.3, 0.4) is 0 Å². The molecule has 32 heavy (non-hydrogen) atoms. The molecule has 7 heteroatoms. The number of unbranched alkanes of at least 4 members (excludes halogenated alkanes) is 3. The fraction of sp³-hybridized carbons (Fsp3) is 0.680. The number of methoxy groups -OCH3 is 2. The van der Waals surface area contributed by atoms with Gasteiger partial charge in [-0.3, -0.25) is 0 Å². The van der Waals surface area contributed by atoms with Crippen LogP contribution in [0.5, 0.6) is 11.5 Å². The maximum atomic E-state index is 12.7. The van der Waals surface area contributed by atoms with Gasteiger partial charge in [0.25, 0.3) is 0 Å². The molecule has 0 aromatic heterocycles. The van der Waals surface area contributed by atoms with Gasteiger partial charge in [0.1, 0.15) is 0 Å². The second-order valence-corrected chi connectivity index (χ2v) is 21.6. The summed E-state index contributed by atoms with van der Waals surface area (Å²) in [5.41, 5.74) is 0.398. The Labute approximate surface area is 198 Å². The number of benzene rings is 1. The molecule has 0 aliphatic rings. The van der Waals surface area contributed by atoms with Crippen molar-refractivity contribution in [1.29, 1.82) is 0 Å². The predicted octanol–water partition coefficient (Wildman–Crippen LogP) is 5.48. The van der Waals surface area contributed by atoms with E-state index in [0.717, 1.165) is 0 Å². The van der Waals surface area contributed by atoms with Crippen LogP contribution >= 0.6 is 0 Å². The molecule has 0 aliphatic heterocycles. The number of esters is 2. The van der Waals surface area contributed by atoms with E-state index in [9.17, 15) is 9.59 Å². The first-order valence-corrected chi connectivity index (χ1v) is 19.4. The summed E-state index contributed by atoms with van der Waals surface area (Å²) in [5.74, 6) is 0.105. The van der Waals surface area contributed by atoms with E-state index in [0.29, 0.717) is 17.1 Å². The summed E-state index contributed by atoms with van der Waals surface area (Å²) >= 11 is -2.80. The molecule has 0 aliphatic carbocycles. The molecule has 0 unspecified atom stereocenters. The summed E-state index contributed by atoms with van der Waals surface area (Å²) in [6, 6.07) is 4.14. The third-order valence-electron chi connectivity index (χ3n) is 5.95. The van der Waals surface area contributed by atoms with Crippen LogP contribution in [-0.4, -0.2) is 57.7 Å². The number of hydrogen-bond acceptors (Lipinski definition) is 6. The van der Waals surface area contributed by atoms with Gasteiger partial charge in [-0.2, -0.15) is 0 Å². The monoisotopic (exact) mass is 558 g/mol. The van der Waals surface area contributed by atoms with E-state index in [1.807, 2.05) is 6.07 Å². The Bertz CT molecular complexity index is 697. The molecule has 0 atom stereocenters. The quantitative estimate of drug-likeness (QED) is 0.152. The van der Waals surface area contributed by atoms with E-state index in [1.54, 1.807) is 7.11 Å². The molecule has 1 aromatic carbocycles. The van der Waals surface area contributed by atoms with Crippen LogP contribution in [-0.2, 0) is 14.3 Å². The summed E-state index contributed by atoms with van der Waals surface area (Å²) in [4.78, 5) is 23.8. The molecule has 1 rings (SSSR count). The third kappa shape index (κ3) is 8.49. The SMILES string of the molecule is CCC[CH2][Sn]([CH2]CCC)([CH2]CCC)[c]1cc(OC)c(OCCOC(C)=O)c(C(=O)OC)c1. The van der Waals surface area contributed by atoms with Gasteiger partial charge in [0, 0.05) is 0 Å². The molecule has 0 heterocycles. The molecule has 0 spiro atoms. The fourth-order valence-electron chi connectivity index (χ4n) is 4.15. The summed E-state index contributed by atoms with van der Waals surface area (Å²) in [6.45, 7) is 8.33. The van der Waals surface area contributed by atoms with Gasteiger partial charge in [-0.1, -0.05) is 0 Å². The van der Waals surface area contributed by atoms with E-state index in [1.165, 1.54) is 69.4 Å². The Hall–Kier alpha value is -1.44. The predicted molar refractivity (Wildman–Crippen MR) is 131 cm³/mol. The van der Waals surface area contributed by atoms with Crippen molar-refractivity contribution in [1.82, 2.24) is 0 Å². The van der Waals surface area contributed by atoms with Crippen molar-refractivity contribution in [2.45, 2.75) is 79.5 Å². The van der Waals surface area contributed by atoms with Gasteiger partial charge in [0.15, 0.2) is 0 Å². The maximum absolute atomic E-state index is 12.7. The molecule has 6 nitrogen and oxygen atoms in total. The molecule has 0 fully saturated rings. The Morgan fingerprint density at radius 2 is 1.44 bits per heavy atom. The average molecular weight is 557 g/mol. The Kier molecular flexibility index (Phi) is 13.8. The van der Waals surface area contributed by atoms with Gasteiger partial charge in [-0.05, 0) is 0 Å². The van der Waals surface area contributed by atoms with Gasteiger partial charge >= 0.3 is 199 Å². The summed E-state index contributed by atoms with van der Waals surface area (Å²) in [6.07, 6.45) is 7.19. The average Bonchev–Trinajstić information content (AvgIpc) is 2.80. The van der Waals surface area contributed by atoms with Crippen LogP contribution in [0.25, 0.3) is 0 Å². The number of carbonyl (C=O) groups is 2. The van der Waals surface area contributed by atoms with Crippen LogP contribution in [0.2, 0.25) is 13.3 Å². The first kappa shape index (κ1) is 28.6. The van der Waals surface area contributed by atoms with Gasteiger partial charge in [-0.25, -0.2) is 0 Å². The van der Waals surface area contributed by atoms with Gasteiger partial charge < -0.3 is 0 Å². The van der Waals surface area contributed by atoms with Crippen molar-refractivity contribution in [3.8, 4) is 11.5 Å². The van der Waals surface area contributed by atoms with Crippen LogP contribution in [0, 0.1) is 0 Å². The first-order chi connectivity index (χ1) is 15.4. The Balaban J connectivity index is 3.51. The minimum absolute atomic E-state index is 0.105. The van der Waals surface area contributed by atoms with Crippen LogP contribution in [0.1, 0.15) is 76.6 Å². The van der Waals surface area contributed by atoms with E-state index < -0.39 is 24.3 Å². The minimum atomic E-state index is -2.80. The third-order valence-corrected chi connectivity index (χ3v) is 21.5. The number of hydrogen-bond donors (Lipinski definition) is 0. The number of rotatable bonds is 16. The summed E-state index contributed by atoms with van der Waals surface area (Å²) < 4.78 is 26.8. The first-order valence-electron chi connectivity index (χ1n) is 12.0. The topological polar surface area (TPSA) is 71.1 Å². The van der Waals surface area contributed by atoms with Crippen molar-refractivity contribution in [3.63, 3.8) is 0 Å². The molecule has 0 N–H and O–H groups in total. The van der Waals surface area contributed by atoms with Crippen molar-refractivity contribution >= 4 is 33.9 Å². The zero-order valence-corrected chi connectivity index (χ0v) is 23.7. The molecular weight excluding hydrogens is 515 g/mol. The van der Waals surface area contributed by atoms with E-state index in [2.05, 4.69) is 26.8 Å². The van der Waals surface area contributed by atoms with Crippen LogP contribution in [0.15, 0.2) is 12.1 Å². The van der Waals surface area contributed by atoms with E-state index in [4.69, 9.17) is 18.9 Å². The molecule has 1 aromatic rings.